The molecule has 0 aliphatic heterocycles. The molecule has 11 heteroatoms. The molecule has 0 spiro atoms. The van der Waals surface area contributed by atoms with Crippen LogP contribution in [-0.4, -0.2) is 27.4 Å². The minimum atomic E-state index is -4.60. The number of carbonyl (C=O) groups is 1. The quantitative estimate of drug-likeness (QED) is 0.298. The number of nitrogens with two attached hydrogens (primary N) is 2. The molecule has 186 valence electrons. The molecule has 1 aromatic heterocycles. The Morgan fingerprint density at radius 2 is 1.94 bits per heavy atom. The minimum Gasteiger partial charge on any atom is -0.397 e. The van der Waals surface area contributed by atoms with E-state index in [0.717, 1.165) is 23.4 Å². The van der Waals surface area contributed by atoms with Gasteiger partial charge in [0.2, 0.25) is 0 Å². The number of hydrazine groups is 1. The molecule has 3 aromatic rings. The van der Waals surface area contributed by atoms with Crippen molar-refractivity contribution < 1.29 is 23.1 Å². The first-order chi connectivity index (χ1) is 16.4. The fraction of sp³-hybridized carbons (Fsp3) is 0.250. The van der Waals surface area contributed by atoms with Crippen molar-refractivity contribution in [3.8, 4) is 0 Å². The van der Waals surface area contributed by atoms with Gasteiger partial charge < -0.3 is 16.2 Å². The summed E-state index contributed by atoms with van der Waals surface area (Å²) in [6.07, 6.45) is -1.46. The molecule has 0 saturated carbocycles. The third-order valence-electron chi connectivity index (χ3n) is 5.55. The number of nitrogens with one attached hydrogen (secondary N) is 1. The zero-order chi connectivity index (χ0) is 25.9. The largest absolute Gasteiger partial charge is 0.416 e. The number of carbonyl (C=O) groups excluding carboxylic acids is 1. The van der Waals surface area contributed by atoms with E-state index in [0.29, 0.717) is 16.9 Å². The fourth-order valence-corrected chi connectivity index (χ4v) is 3.50. The number of anilines is 2. The Morgan fingerprint density at radius 1 is 1.23 bits per heavy atom. The number of amides is 1. The number of hydrogen-bond donors (Lipinski definition) is 4. The van der Waals surface area contributed by atoms with Gasteiger partial charge in [-0.3, -0.25) is 14.5 Å². The van der Waals surface area contributed by atoms with Crippen LogP contribution in [0.1, 0.15) is 38.3 Å². The van der Waals surface area contributed by atoms with Crippen molar-refractivity contribution in [3.05, 3.63) is 82.3 Å². The lowest BCUT2D eigenvalue weighted by atomic mass is 10.1. The van der Waals surface area contributed by atoms with E-state index in [-0.39, 0.29) is 29.8 Å². The number of hydrogen-bond acceptors (Lipinski definition) is 6. The standard InChI is InChI=1S/C24H27F3N6O2/c1-14-4-5-17(10-22(14)33(29)13-21(28)20-12-30-32(3)15(20)2)23(35)31-19-9-16(6-7-34)8-18(11-19)24(25,26)27/h4-5,8-13,34H,6-7,28-29H2,1-3H3,(H,31,35)/b21-13-. The van der Waals surface area contributed by atoms with E-state index in [4.69, 9.17) is 16.7 Å². The molecule has 0 radical (unpaired) electrons. The van der Waals surface area contributed by atoms with Crippen LogP contribution < -0.4 is 21.9 Å². The molecule has 0 atom stereocenters. The Hall–Kier alpha value is -3.83. The van der Waals surface area contributed by atoms with Crippen molar-refractivity contribution in [3.63, 3.8) is 0 Å². The van der Waals surface area contributed by atoms with Crippen molar-refractivity contribution in [1.29, 1.82) is 0 Å². The zero-order valence-electron chi connectivity index (χ0n) is 19.5. The average molecular weight is 489 g/mol. The number of aryl methyl sites for hydroxylation is 2. The Labute approximate surface area is 200 Å². The van der Waals surface area contributed by atoms with E-state index in [2.05, 4.69) is 10.4 Å². The van der Waals surface area contributed by atoms with Crippen LogP contribution in [0.2, 0.25) is 0 Å². The lowest BCUT2D eigenvalue weighted by Gasteiger charge is -2.19. The van der Waals surface area contributed by atoms with Gasteiger partial charge in [0, 0.05) is 42.4 Å². The highest BCUT2D eigenvalue weighted by Crippen LogP contribution is 2.32. The molecule has 0 aliphatic carbocycles. The molecule has 0 bridgehead atoms. The van der Waals surface area contributed by atoms with Crippen LogP contribution in [0.3, 0.4) is 0 Å². The Morgan fingerprint density at radius 3 is 2.54 bits per heavy atom. The molecule has 6 N–H and O–H groups in total. The second-order valence-electron chi connectivity index (χ2n) is 8.10. The molecule has 2 aromatic carbocycles. The first kappa shape index (κ1) is 25.8. The van der Waals surface area contributed by atoms with E-state index >= 15 is 0 Å². The second-order valence-corrected chi connectivity index (χ2v) is 8.10. The SMILES string of the molecule is Cc1ccc(C(=O)Nc2cc(CCO)cc(C(F)(F)F)c2)cc1N(N)/C=C(\N)c1cnn(C)c1C. The Kier molecular flexibility index (Phi) is 7.51. The summed E-state index contributed by atoms with van der Waals surface area (Å²) < 4.78 is 41.5. The highest BCUT2D eigenvalue weighted by Gasteiger charge is 2.31. The van der Waals surface area contributed by atoms with Gasteiger partial charge >= 0.3 is 6.18 Å². The predicted octanol–water partition coefficient (Wildman–Crippen LogP) is 3.48. The summed E-state index contributed by atoms with van der Waals surface area (Å²) in [6.45, 7) is 3.33. The van der Waals surface area contributed by atoms with Crippen LogP contribution >= 0.6 is 0 Å². The number of rotatable bonds is 7. The van der Waals surface area contributed by atoms with E-state index in [1.165, 1.54) is 23.3 Å². The van der Waals surface area contributed by atoms with Crippen LogP contribution in [0.15, 0.2) is 48.8 Å². The second kappa shape index (κ2) is 10.2. The molecule has 0 aliphatic rings. The van der Waals surface area contributed by atoms with Crippen molar-refractivity contribution in [1.82, 2.24) is 9.78 Å². The molecule has 35 heavy (non-hydrogen) atoms. The number of aliphatic hydroxyl groups excluding tert-OH is 1. The average Bonchev–Trinajstić information content (AvgIpc) is 3.11. The Balaban J connectivity index is 1.88. The number of benzene rings is 2. The zero-order valence-corrected chi connectivity index (χ0v) is 19.5. The summed E-state index contributed by atoms with van der Waals surface area (Å²) in [7, 11) is 1.79. The lowest BCUT2D eigenvalue weighted by Crippen LogP contribution is -2.27. The van der Waals surface area contributed by atoms with Crippen LogP contribution in [0.5, 0.6) is 0 Å². The third-order valence-corrected chi connectivity index (χ3v) is 5.55. The van der Waals surface area contributed by atoms with Gasteiger partial charge in [0.05, 0.1) is 23.1 Å². The molecule has 0 unspecified atom stereocenters. The molecule has 1 amide bonds. The summed E-state index contributed by atoms with van der Waals surface area (Å²) in [4.78, 5) is 12.9. The number of halogens is 3. The highest BCUT2D eigenvalue weighted by atomic mass is 19.4. The number of aliphatic hydroxyl groups is 1. The van der Waals surface area contributed by atoms with Gasteiger partial charge in [-0.25, -0.2) is 5.84 Å². The lowest BCUT2D eigenvalue weighted by molar-refractivity contribution is -0.137. The number of aromatic nitrogens is 2. The summed E-state index contributed by atoms with van der Waals surface area (Å²) in [5.41, 5.74) is 8.83. The monoisotopic (exact) mass is 488 g/mol. The molecule has 0 fully saturated rings. The molecule has 8 nitrogen and oxygen atoms in total. The van der Waals surface area contributed by atoms with Crippen molar-refractivity contribution >= 4 is 23.0 Å². The first-order valence-electron chi connectivity index (χ1n) is 10.6. The normalized spacial score (nSPS) is 12.1. The van der Waals surface area contributed by atoms with Gasteiger partial charge in [-0.05, 0) is 61.7 Å². The van der Waals surface area contributed by atoms with Gasteiger partial charge in [0.1, 0.15) is 0 Å². The molecule has 1 heterocycles. The highest BCUT2D eigenvalue weighted by molar-refractivity contribution is 6.05. The van der Waals surface area contributed by atoms with Crippen molar-refractivity contribution in [2.45, 2.75) is 26.4 Å². The van der Waals surface area contributed by atoms with Gasteiger partial charge in [-0.2, -0.15) is 18.3 Å². The molecule has 3 rings (SSSR count). The summed E-state index contributed by atoms with van der Waals surface area (Å²) in [5.74, 6) is 5.59. The molecular weight excluding hydrogens is 461 g/mol. The van der Waals surface area contributed by atoms with E-state index in [9.17, 15) is 18.0 Å². The topological polar surface area (TPSA) is 122 Å². The van der Waals surface area contributed by atoms with E-state index in [1.807, 2.05) is 6.92 Å². The van der Waals surface area contributed by atoms with Crippen molar-refractivity contribution in [2.24, 2.45) is 18.6 Å². The predicted molar refractivity (Wildman–Crippen MR) is 128 cm³/mol. The maximum absolute atomic E-state index is 13.3. The van der Waals surface area contributed by atoms with E-state index in [1.54, 1.807) is 37.0 Å². The summed E-state index contributed by atoms with van der Waals surface area (Å²) in [6, 6.07) is 7.93. The van der Waals surface area contributed by atoms with Gasteiger partial charge in [-0.1, -0.05) is 6.07 Å². The van der Waals surface area contributed by atoms with Crippen LogP contribution in [0.25, 0.3) is 5.70 Å². The van der Waals surface area contributed by atoms with Crippen molar-refractivity contribution in [2.75, 3.05) is 16.9 Å². The fourth-order valence-electron chi connectivity index (χ4n) is 3.50. The van der Waals surface area contributed by atoms with Gasteiger partial charge in [0.15, 0.2) is 0 Å². The summed E-state index contributed by atoms with van der Waals surface area (Å²) >= 11 is 0. The maximum Gasteiger partial charge on any atom is 0.416 e. The number of alkyl halides is 3. The van der Waals surface area contributed by atoms with E-state index < -0.39 is 17.6 Å². The Bertz CT molecular complexity index is 1270. The van der Waals surface area contributed by atoms with Crippen LogP contribution in [0.4, 0.5) is 24.5 Å². The smallest absolute Gasteiger partial charge is 0.397 e. The van der Waals surface area contributed by atoms with Gasteiger partial charge in [-0.15, -0.1) is 0 Å². The van der Waals surface area contributed by atoms with Crippen LogP contribution in [0, 0.1) is 13.8 Å². The first-order valence-corrected chi connectivity index (χ1v) is 10.6. The molecular formula is C24H27F3N6O2. The molecule has 0 saturated heterocycles. The minimum absolute atomic E-state index is 0.0216. The third kappa shape index (κ3) is 6.00. The number of nitrogens with zero attached hydrogens (tertiary/aromatic N) is 3. The van der Waals surface area contributed by atoms with Gasteiger partial charge in [0.25, 0.3) is 5.91 Å². The maximum atomic E-state index is 13.3. The van der Waals surface area contributed by atoms with Crippen LogP contribution in [-0.2, 0) is 19.6 Å². The summed E-state index contributed by atoms with van der Waals surface area (Å²) in [5, 5.41) is 17.0.